The molecular formula is C20H30N2O6S2. The van der Waals surface area contributed by atoms with Gasteiger partial charge < -0.3 is 9.64 Å². The lowest BCUT2D eigenvalue weighted by Crippen LogP contribution is -2.52. The third-order valence-corrected chi connectivity index (χ3v) is 10.0. The number of sulfonamides is 1. The second-order valence-electron chi connectivity index (χ2n) is 8.17. The number of nitrogens with zero attached hydrogens (tertiary/aromatic N) is 2. The van der Waals surface area contributed by atoms with Crippen LogP contribution in [0.5, 0.6) is 5.75 Å². The maximum Gasteiger partial charge on any atom is 0.226 e. The number of carbonyl (C=O) groups is 1. The zero-order valence-electron chi connectivity index (χ0n) is 17.5. The molecule has 2 saturated heterocycles. The highest BCUT2D eigenvalue weighted by Crippen LogP contribution is 2.23. The molecule has 2 aliphatic heterocycles. The van der Waals surface area contributed by atoms with Gasteiger partial charge in [0.25, 0.3) is 0 Å². The van der Waals surface area contributed by atoms with Crippen LogP contribution in [0.4, 0.5) is 0 Å². The van der Waals surface area contributed by atoms with Crippen LogP contribution in [-0.4, -0.2) is 81.5 Å². The molecular weight excluding hydrogens is 428 g/mol. The van der Waals surface area contributed by atoms with Gasteiger partial charge >= 0.3 is 0 Å². The minimum atomic E-state index is -3.65. The Bertz CT molecular complexity index is 950. The van der Waals surface area contributed by atoms with Crippen molar-refractivity contribution in [2.45, 2.75) is 37.9 Å². The summed E-state index contributed by atoms with van der Waals surface area (Å²) in [4.78, 5) is 14.1. The molecule has 2 fully saturated rings. The molecule has 1 aromatic carbocycles. The summed E-state index contributed by atoms with van der Waals surface area (Å²) in [5, 5.41) is -0.861. The Hall–Kier alpha value is -1.65. The fourth-order valence-corrected chi connectivity index (χ4v) is 8.27. The molecule has 2 aliphatic rings. The summed E-state index contributed by atoms with van der Waals surface area (Å²) < 4.78 is 55.6. The molecule has 30 heavy (non-hydrogen) atoms. The van der Waals surface area contributed by atoms with E-state index in [4.69, 9.17) is 4.74 Å². The van der Waals surface area contributed by atoms with Gasteiger partial charge in [-0.05, 0) is 30.0 Å². The fraction of sp³-hybridized carbons (Fsp3) is 0.650. The standard InChI is InChI=1S/C20H30N2O6S2/c1-16(2)17-3-5-18(6-4-17)28-13-7-20(23)21-9-11-22(12-10-21)30(26,27)19-8-14-29(24,25)15-19/h3-6,16,19H,7-15H2,1-2H3. The van der Waals surface area contributed by atoms with Crippen LogP contribution in [0.2, 0.25) is 0 Å². The second-order valence-corrected chi connectivity index (χ2v) is 12.6. The minimum Gasteiger partial charge on any atom is -0.493 e. The quantitative estimate of drug-likeness (QED) is 0.609. The van der Waals surface area contributed by atoms with Crippen LogP contribution >= 0.6 is 0 Å². The summed E-state index contributed by atoms with van der Waals surface area (Å²) in [5.41, 5.74) is 1.22. The number of sulfone groups is 1. The lowest BCUT2D eigenvalue weighted by Gasteiger charge is -2.35. The van der Waals surface area contributed by atoms with Gasteiger partial charge in [-0.15, -0.1) is 0 Å². The SMILES string of the molecule is CC(C)c1ccc(OCCC(=O)N2CCN(S(=O)(=O)C3CCS(=O)(=O)C3)CC2)cc1. The molecule has 2 heterocycles. The highest BCUT2D eigenvalue weighted by Gasteiger charge is 2.41. The molecule has 10 heteroatoms. The summed E-state index contributed by atoms with van der Waals surface area (Å²) in [7, 11) is -6.92. The monoisotopic (exact) mass is 458 g/mol. The van der Waals surface area contributed by atoms with Gasteiger partial charge in [0.15, 0.2) is 9.84 Å². The van der Waals surface area contributed by atoms with Crippen LogP contribution in [0.1, 0.15) is 38.2 Å². The first-order chi connectivity index (χ1) is 14.1. The van der Waals surface area contributed by atoms with Crippen molar-refractivity contribution >= 4 is 25.8 Å². The largest absolute Gasteiger partial charge is 0.493 e. The van der Waals surface area contributed by atoms with Crippen molar-refractivity contribution in [2.24, 2.45) is 0 Å². The Morgan fingerprint density at radius 3 is 2.30 bits per heavy atom. The first-order valence-corrected chi connectivity index (χ1v) is 13.6. The Balaban J connectivity index is 1.44. The van der Waals surface area contributed by atoms with Crippen molar-refractivity contribution in [3.8, 4) is 5.75 Å². The Kier molecular flexibility index (Phi) is 7.09. The highest BCUT2D eigenvalue weighted by atomic mass is 32.2. The van der Waals surface area contributed by atoms with E-state index in [1.165, 1.54) is 9.87 Å². The van der Waals surface area contributed by atoms with Crippen LogP contribution in [-0.2, 0) is 24.7 Å². The molecule has 0 aromatic heterocycles. The summed E-state index contributed by atoms with van der Waals surface area (Å²) in [5.74, 6) is 0.713. The second kappa shape index (κ2) is 9.23. The summed E-state index contributed by atoms with van der Waals surface area (Å²) in [6.45, 7) is 5.51. The van der Waals surface area contributed by atoms with Crippen LogP contribution in [0, 0.1) is 0 Å². The molecule has 1 atom stereocenters. The fourth-order valence-electron chi connectivity index (χ4n) is 3.76. The van der Waals surface area contributed by atoms with Crippen molar-refractivity contribution in [3.05, 3.63) is 29.8 Å². The van der Waals surface area contributed by atoms with E-state index in [0.717, 1.165) is 5.75 Å². The maximum atomic E-state index is 12.7. The summed E-state index contributed by atoms with van der Waals surface area (Å²) >= 11 is 0. The third-order valence-electron chi connectivity index (χ3n) is 5.69. The molecule has 0 N–H and O–H groups in total. The first kappa shape index (κ1) is 23.0. The lowest BCUT2D eigenvalue weighted by molar-refractivity contribution is -0.132. The van der Waals surface area contributed by atoms with Crippen LogP contribution in [0.15, 0.2) is 24.3 Å². The molecule has 1 aromatic rings. The topological polar surface area (TPSA) is 101 Å². The van der Waals surface area contributed by atoms with Gasteiger partial charge in [0.2, 0.25) is 15.9 Å². The van der Waals surface area contributed by atoms with E-state index in [9.17, 15) is 21.6 Å². The number of rotatable bonds is 7. The molecule has 1 unspecified atom stereocenters. The Morgan fingerprint density at radius 2 is 1.77 bits per heavy atom. The highest BCUT2D eigenvalue weighted by molar-refractivity contribution is 7.95. The van der Waals surface area contributed by atoms with E-state index in [1.54, 1.807) is 4.90 Å². The van der Waals surface area contributed by atoms with Crippen molar-refractivity contribution < 1.29 is 26.4 Å². The minimum absolute atomic E-state index is 0.0739. The van der Waals surface area contributed by atoms with Gasteiger partial charge in [-0.2, -0.15) is 4.31 Å². The number of piperazine rings is 1. The van der Waals surface area contributed by atoms with E-state index in [0.29, 0.717) is 19.0 Å². The number of benzene rings is 1. The number of carbonyl (C=O) groups excluding carboxylic acids is 1. The zero-order valence-corrected chi connectivity index (χ0v) is 19.1. The predicted octanol–water partition coefficient (Wildman–Crippen LogP) is 1.24. The zero-order chi connectivity index (χ0) is 21.9. The van der Waals surface area contributed by atoms with E-state index in [-0.39, 0.29) is 50.0 Å². The van der Waals surface area contributed by atoms with Crippen LogP contribution < -0.4 is 4.74 Å². The van der Waals surface area contributed by atoms with Gasteiger partial charge in [-0.25, -0.2) is 16.8 Å². The molecule has 0 aliphatic carbocycles. The van der Waals surface area contributed by atoms with Gasteiger partial charge in [-0.3, -0.25) is 4.79 Å². The number of hydrogen-bond acceptors (Lipinski definition) is 6. The number of hydrogen-bond donors (Lipinski definition) is 0. The molecule has 0 bridgehead atoms. The molecule has 3 rings (SSSR count). The van der Waals surface area contributed by atoms with E-state index in [2.05, 4.69) is 13.8 Å². The molecule has 8 nitrogen and oxygen atoms in total. The third kappa shape index (κ3) is 5.53. The van der Waals surface area contributed by atoms with Gasteiger partial charge in [0.1, 0.15) is 5.75 Å². The van der Waals surface area contributed by atoms with Gasteiger partial charge in [0.05, 0.1) is 29.8 Å². The average molecular weight is 459 g/mol. The number of ether oxygens (including phenoxy) is 1. The van der Waals surface area contributed by atoms with Gasteiger partial charge in [0, 0.05) is 26.2 Å². The first-order valence-electron chi connectivity index (χ1n) is 10.3. The van der Waals surface area contributed by atoms with Crippen molar-refractivity contribution in [3.63, 3.8) is 0 Å². The molecule has 1 amide bonds. The van der Waals surface area contributed by atoms with Gasteiger partial charge in [-0.1, -0.05) is 26.0 Å². The smallest absolute Gasteiger partial charge is 0.226 e. The lowest BCUT2D eigenvalue weighted by atomic mass is 10.0. The normalized spacial score (nSPS) is 22.4. The van der Waals surface area contributed by atoms with Crippen LogP contribution in [0.3, 0.4) is 0 Å². The van der Waals surface area contributed by atoms with Crippen LogP contribution in [0.25, 0.3) is 0 Å². The summed E-state index contributed by atoms with van der Waals surface area (Å²) in [6, 6.07) is 7.81. The Morgan fingerprint density at radius 1 is 1.13 bits per heavy atom. The van der Waals surface area contributed by atoms with E-state index >= 15 is 0 Å². The van der Waals surface area contributed by atoms with Crippen molar-refractivity contribution in [1.29, 1.82) is 0 Å². The predicted molar refractivity (Wildman–Crippen MR) is 115 cm³/mol. The molecule has 0 spiro atoms. The van der Waals surface area contributed by atoms with E-state index < -0.39 is 25.1 Å². The van der Waals surface area contributed by atoms with Crippen molar-refractivity contribution in [2.75, 3.05) is 44.3 Å². The number of amides is 1. The molecule has 0 radical (unpaired) electrons. The average Bonchev–Trinajstić information content (AvgIpc) is 3.09. The molecule has 0 saturated carbocycles. The van der Waals surface area contributed by atoms with E-state index in [1.807, 2.05) is 24.3 Å². The Labute approximate surface area is 179 Å². The van der Waals surface area contributed by atoms with Crippen molar-refractivity contribution in [1.82, 2.24) is 9.21 Å². The maximum absolute atomic E-state index is 12.7. The molecule has 168 valence electrons. The summed E-state index contributed by atoms with van der Waals surface area (Å²) in [6.07, 6.45) is 0.374.